The molecule has 2 heteroatoms. The van der Waals surface area contributed by atoms with Gasteiger partial charge in [0.15, 0.2) is 0 Å². The lowest BCUT2D eigenvalue weighted by atomic mass is 9.59. The van der Waals surface area contributed by atoms with Crippen LogP contribution in [0.15, 0.2) is 0 Å². The summed E-state index contributed by atoms with van der Waals surface area (Å²) < 4.78 is 0. The second kappa shape index (κ2) is 21.6. The molecular formula is C66H110N2. The minimum absolute atomic E-state index is 0.939. The third-order valence-corrected chi connectivity index (χ3v) is 26.8. The van der Waals surface area contributed by atoms with Crippen molar-refractivity contribution in [1.82, 2.24) is 9.80 Å². The Bertz CT molecular complexity index is 1540. The van der Waals surface area contributed by atoms with Crippen molar-refractivity contribution >= 4 is 0 Å². The predicted octanol–water partition coefficient (Wildman–Crippen LogP) is 18.0. The van der Waals surface area contributed by atoms with Crippen LogP contribution in [-0.4, -0.2) is 46.1 Å². The zero-order valence-electron chi connectivity index (χ0n) is 44.7. The fraction of sp³-hybridized carbons (Fsp3) is 1.00. The van der Waals surface area contributed by atoms with Gasteiger partial charge in [-0.25, -0.2) is 0 Å². The van der Waals surface area contributed by atoms with Crippen LogP contribution in [0.3, 0.4) is 0 Å². The minimum atomic E-state index is 0.939. The van der Waals surface area contributed by atoms with Gasteiger partial charge >= 0.3 is 0 Å². The van der Waals surface area contributed by atoms with Crippen LogP contribution in [-0.2, 0) is 0 Å². The molecule has 14 atom stereocenters. The SMILES string of the molecule is C1CCC(C2CCCC(C3CCC(N4C5CCCCC5C5CC(C6CCC7C(C6)C6CCCCC6N7C6CCC(C7CC(C8CCCCC8)CC(C8CCCCC8)C7)CC6)CCC54)CC3)C2)CC1. The van der Waals surface area contributed by atoms with Gasteiger partial charge in [-0.05, 0) is 236 Å². The van der Waals surface area contributed by atoms with Crippen LogP contribution in [0.2, 0.25) is 0 Å². The summed E-state index contributed by atoms with van der Waals surface area (Å²) in [5.41, 5.74) is 0. The van der Waals surface area contributed by atoms with E-state index in [4.69, 9.17) is 0 Å². The van der Waals surface area contributed by atoms with Crippen LogP contribution in [0.25, 0.3) is 0 Å². The van der Waals surface area contributed by atoms with Crippen molar-refractivity contribution in [1.29, 1.82) is 0 Å². The van der Waals surface area contributed by atoms with Crippen LogP contribution in [0, 0.1) is 94.7 Å². The molecule has 0 N–H and O–H groups in total. The molecule has 0 aromatic heterocycles. The first-order chi connectivity index (χ1) is 33.7. The predicted molar refractivity (Wildman–Crippen MR) is 285 cm³/mol. The van der Waals surface area contributed by atoms with Crippen LogP contribution < -0.4 is 0 Å². The van der Waals surface area contributed by atoms with E-state index in [0.717, 1.165) is 131 Å². The molecule has 0 aromatic carbocycles. The molecule has 2 aliphatic heterocycles. The second-order valence-corrected chi connectivity index (χ2v) is 29.5. The van der Waals surface area contributed by atoms with Crippen molar-refractivity contribution < 1.29 is 0 Å². The Kier molecular flexibility index (Phi) is 15.2. The summed E-state index contributed by atoms with van der Waals surface area (Å²) in [6.45, 7) is 0. The van der Waals surface area contributed by atoms with Gasteiger partial charge in [-0.3, -0.25) is 9.80 Å². The van der Waals surface area contributed by atoms with Crippen molar-refractivity contribution in [2.24, 2.45) is 94.7 Å². The topological polar surface area (TPSA) is 6.48 Å². The zero-order chi connectivity index (χ0) is 45.0. The highest BCUT2D eigenvalue weighted by Crippen LogP contribution is 2.59. The van der Waals surface area contributed by atoms with Crippen molar-refractivity contribution in [3.8, 4) is 0 Å². The number of hydrogen-bond acceptors (Lipinski definition) is 2. The molecule has 68 heavy (non-hydrogen) atoms. The molecule has 0 radical (unpaired) electrons. The Morgan fingerprint density at radius 3 is 0.868 bits per heavy atom. The van der Waals surface area contributed by atoms with Crippen LogP contribution in [0.4, 0.5) is 0 Å². The van der Waals surface area contributed by atoms with Gasteiger partial charge in [0.2, 0.25) is 0 Å². The lowest BCUT2D eigenvalue weighted by Crippen LogP contribution is -2.50. The zero-order valence-corrected chi connectivity index (χ0v) is 44.7. The molecule has 14 unspecified atom stereocenters. The Labute approximate surface area is 421 Å². The molecule has 0 aromatic rings. The molecule has 384 valence electrons. The van der Waals surface area contributed by atoms with E-state index >= 15 is 0 Å². The molecule has 11 saturated carbocycles. The smallest absolute Gasteiger partial charge is 0.0133 e. The lowest BCUT2D eigenvalue weighted by molar-refractivity contribution is 0.00969. The molecular weight excluding hydrogens is 821 g/mol. The van der Waals surface area contributed by atoms with E-state index in [1.54, 1.807) is 250 Å². The average molecular weight is 932 g/mol. The molecule has 13 aliphatic rings. The van der Waals surface area contributed by atoms with Gasteiger partial charge < -0.3 is 0 Å². The maximum absolute atomic E-state index is 3.40. The monoisotopic (exact) mass is 931 g/mol. The molecule has 2 nitrogen and oxygen atoms in total. The first-order valence-corrected chi connectivity index (χ1v) is 33.2. The van der Waals surface area contributed by atoms with Crippen molar-refractivity contribution in [3.05, 3.63) is 0 Å². The van der Waals surface area contributed by atoms with Gasteiger partial charge in [-0.2, -0.15) is 0 Å². The van der Waals surface area contributed by atoms with Crippen LogP contribution >= 0.6 is 0 Å². The van der Waals surface area contributed by atoms with Gasteiger partial charge in [0, 0.05) is 36.3 Å². The van der Waals surface area contributed by atoms with Crippen LogP contribution in [0.1, 0.15) is 283 Å². The fourth-order valence-electron chi connectivity index (χ4n) is 23.9. The molecule has 0 bridgehead atoms. The third-order valence-electron chi connectivity index (χ3n) is 26.8. The Morgan fingerprint density at radius 2 is 0.441 bits per heavy atom. The van der Waals surface area contributed by atoms with Gasteiger partial charge in [-0.15, -0.1) is 0 Å². The number of rotatable bonds is 8. The normalized spacial score (nSPS) is 49.7. The van der Waals surface area contributed by atoms with Gasteiger partial charge in [0.25, 0.3) is 0 Å². The Balaban J connectivity index is 0.632. The molecule has 13 fully saturated rings. The second-order valence-electron chi connectivity index (χ2n) is 29.5. The van der Waals surface area contributed by atoms with Gasteiger partial charge in [-0.1, -0.05) is 141 Å². The standard InChI is InChI=1S/C66H110N2/c1-4-15-45(16-5-1)50-21-14-22-51(39-50)48-27-33-57(34-28-48)67-63-25-12-10-23-59(63)61-43-52(31-37-65(61)67)53-32-38-66-62(44-53)60-24-11-13-26-64(60)68(66)58-35-29-49(30-36-58)56-41-54(46-17-6-2-7-18-46)40-55(42-56)47-19-8-3-9-20-47/h45-66H,1-44H2. The maximum atomic E-state index is 3.40. The van der Waals surface area contributed by atoms with E-state index in [1.165, 1.54) is 32.1 Å². The first-order valence-electron chi connectivity index (χ1n) is 33.2. The van der Waals surface area contributed by atoms with E-state index in [0.29, 0.717) is 0 Å². The van der Waals surface area contributed by atoms with E-state index in [2.05, 4.69) is 9.80 Å². The van der Waals surface area contributed by atoms with Gasteiger partial charge in [0.1, 0.15) is 0 Å². The summed E-state index contributed by atoms with van der Waals surface area (Å²) in [6.07, 6.45) is 69.5. The minimum Gasteiger partial charge on any atom is -0.294 e. The summed E-state index contributed by atoms with van der Waals surface area (Å²) in [7, 11) is 0. The van der Waals surface area contributed by atoms with E-state index in [1.807, 2.05) is 0 Å². The van der Waals surface area contributed by atoms with Crippen molar-refractivity contribution in [2.75, 3.05) is 0 Å². The average Bonchev–Trinajstić information content (AvgIpc) is 3.94. The number of hydrogen-bond donors (Lipinski definition) is 0. The number of nitrogens with zero attached hydrogens (tertiary/aromatic N) is 2. The highest BCUT2D eigenvalue weighted by atomic mass is 15.3. The summed E-state index contributed by atoms with van der Waals surface area (Å²) >= 11 is 0. The Morgan fingerprint density at radius 1 is 0.162 bits per heavy atom. The summed E-state index contributed by atoms with van der Waals surface area (Å²) in [4.78, 5) is 6.77. The van der Waals surface area contributed by atoms with E-state index in [9.17, 15) is 0 Å². The highest BCUT2D eigenvalue weighted by Gasteiger charge is 2.57. The Hall–Kier alpha value is -0.0800. The van der Waals surface area contributed by atoms with E-state index < -0.39 is 0 Å². The molecule has 11 aliphatic carbocycles. The van der Waals surface area contributed by atoms with Crippen molar-refractivity contribution in [2.45, 2.75) is 319 Å². The summed E-state index contributed by atoms with van der Waals surface area (Å²) in [5, 5.41) is 0. The maximum Gasteiger partial charge on any atom is 0.0133 e. The van der Waals surface area contributed by atoms with Crippen LogP contribution in [0.5, 0.6) is 0 Å². The third kappa shape index (κ3) is 9.62. The lowest BCUT2D eigenvalue weighted by Gasteiger charge is -2.49. The summed E-state index contributed by atoms with van der Waals surface area (Å²) in [6, 6.07) is 5.75. The first kappa shape index (κ1) is 47.6. The molecule has 2 saturated heterocycles. The highest BCUT2D eigenvalue weighted by molar-refractivity contribution is 5.10. The largest absolute Gasteiger partial charge is 0.294 e. The van der Waals surface area contributed by atoms with Gasteiger partial charge in [0.05, 0.1) is 0 Å². The molecule has 2 heterocycles. The quantitative estimate of drug-likeness (QED) is 0.239. The molecule has 0 amide bonds. The fourth-order valence-corrected chi connectivity index (χ4v) is 23.9. The van der Waals surface area contributed by atoms with Crippen molar-refractivity contribution in [3.63, 3.8) is 0 Å². The summed E-state index contributed by atoms with van der Waals surface area (Å²) in [5.74, 6) is 17.3. The molecule has 13 rings (SSSR count). The molecule has 0 spiro atoms. The number of fused-ring (bicyclic) bond motifs is 6. The van der Waals surface area contributed by atoms with E-state index in [-0.39, 0.29) is 0 Å². The number of likely N-dealkylation sites (tertiary alicyclic amines) is 2.